The van der Waals surface area contributed by atoms with E-state index in [9.17, 15) is 9.59 Å². The van der Waals surface area contributed by atoms with Gasteiger partial charge in [0, 0.05) is 19.3 Å². The first-order valence-corrected chi connectivity index (χ1v) is 7.68. The maximum atomic E-state index is 12.2. The number of piperidine rings is 1. The molecular formula is C15H24N2O4. The topological polar surface area (TPSA) is 67.9 Å². The zero-order valence-electron chi connectivity index (χ0n) is 12.6. The van der Waals surface area contributed by atoms with E-state index in [1.165, 1.54) is 5.57 Å². The van der Waals surface area contributed by atoms with Crippen LogP contribution in [0.5, 0.6) is 0 Å². The van der Waals surface area contributed by atoms with Crippen LogP contribution < -0.4 is 5.32 Å². The number of likely N-dealkylation sites (tertiary alicyclic amines) is 1. The minimum Gasteiger partial charge on any atom is -0.466 e. The fourth-order valence-corrected chi connectivity index (χ4v) is 2.65. The SMILES string of the molecule is CCOC(=O)C1CCCN(C(=O)NC=C2CCOCC2)C1. The molecule has 1 unspecified atom stereocenters. The Morgan fingerprint density at radius 1 is 1.43 bits per heavy atom. The van der Waals surface area contributed by atoms with Gasteiger partial charge in [-0.1, -0.05) is 0 Å². The summed E-state index contributed by atoms with van der Waals surface area (Å²) in [7, 11) is 0. The molecule has 2 saturated heterocycles. The predicted molar refractivity (Wildman–Crippen MR) is 77.6 cm³/mol. The van der Waals surface area contributed by atoms with E-state index in [0.717, 1.165) is 38.9 Å². The Hall–Kier alpha value is -1.56. The lowest BCUT2D eigenvalue weighted by Crippen LogP contribution is -2.46. The molecule has 0 aromatic rings. The van der Waals surface area contributed by atoms with Gasteiger partial charge < -0.3 is 19.7 Å². The van der Waals surface area contributed by atoms with Gasteiger partial charge in [-0.25, -0.2) is 4.79 Å². The van der Waals surface area contributed by atoms with Crippen LogP contribution in [0.1, 0.15) is 32.6 Å². The van der Waals surface area contributed by atoms with Crippen molar-refractivity contribution in [1.82, 2.24) is 10.2 Å². The van der Waals surface area contributed by atoms with E-state index in [2.05, 4.69) is 5.32 Å². The van der Waals surface area contributed by atoms with Gasteiger partial charge in [0.1, 0.15) is 0 Å². The molecule has 2 amide bonds. The van der Waals surface area contributed by atoms with Crippen molar-refractivity contribution in [2.24, 2.45) is 5.92 Å². The van der Waals surface area contributed by atoms with Crippen molar-refractivity contribution in [3.05, 3.63) is 11.8 Å². The van der Waals surface area contributed by atoms with Crippen molar-refractivity contribution in [1.29, 1.82) is 0 Å². The number of hydrogen-bond donors (Lipinski definition) is 1. The molecule has 0 aromatic heterocycles. The van der Waals surface area contributed by atoms with Gasteiger partial charge in [-0.3, -0.25) is 4.79 Å². The highest BCUT2D eigenvalue weighted by Gasteiger charge is 2.29. The maximum Gasteiger partial charge on any atom is 0.321 e. The summed E-state index contributed by atoms with van der Waals surface area (Å²) in [6, 6.07) is -0.136. The second-order valence-corrected chi connectivity index (χ2v) is 5.40. The third-order valence-electron chi connectivity index (χ3n) is 3.86. The number of esters is 1. The van der Waals surface area contributed by atoms with Crippen molar-refractivity contribution < 1.29 is 19.1 Å². The van der Waals surface area contributed by atoms with E-state index in [1.807, 2.05) is 0 Å². The van der Waals surface area contributed by atoms with E-state index in [-0.39, 0.29) is 17.9 Å². The number of hydrogen-bond acceptors (Lipinski definition) is 4. The molecule has 118 valence electrons. The van der Waals surface area contributed by atoms with Crippen molar-refractivity contribution in [2.45, 2.75) is 32.6 Å². The van der Waals surface area contributed by atoms with Gasteiger partial charge in [-0.05, 0) is 38.2 Å². The van der Waals surface area contributed by atoms with Gasteiger partial charge in [-0.2, -0.15) is 0 Å². The Morgan fingerprint density at radius 3 is 2.90 bits per heavy atom. The summed E-state index contributed by atoms with van der Waals surface area (Å²) in [5, 5.41) is 2.83. The number of carbonyl (C=O) groups excluding carboxylic acids is 2. The Labute approximate surface area is 125 Å². The number of carbonyl (C=O) groups is 2. The number of amides is 2. The summed E-state index contributed by atoms with van der Waals surface area (Å²) in [4.78, 5) is 25.6. The zero-order chi connectivity index (χ0) is 15.1. The fourth-order valence-electron chi connectivity index (χ4n) is 2.65. The number of nitrogens with zero attached hydrogens (tertiary/aromatic N) is 1. The first-order chi connectivity index (χ1) is 10.2. The van der Waals surface area contributed by atoms with Crippen LogP contribution in [0.4, 0.5) is 4.79 Å². The van der Waals surface area contributed by atoms with Gasteiger partial charge in [0.2, 0.25) is 0 Å². The maximum absolute atomic E-state index is 12.2. The molecule has 2 fully saturated rings. The molecule has 2 aliphatic heterocycles. The van der Waals surface area contributed by atoms with Crippen LogP contribution in [0.25, 0.3) is 0 Å². The van der Waals surface area contributed by atoms with Crippen LogP contribution in [0.3, 0.4) is 0 Å². The van der Waals surface area contributed by atoms with E-state index in [4.69, 9.17) is 9.47 Å². The van der Waals surface area contributed by atoms with Crippen molar-refractivity contribution >= 4 is 12.0 Å². The molecule has 0 radical (unpaired) electrons. The fraction of sp³-hybridized carbons (Fsp3) is 0.733. The van der Waals surface area contributed by atoms with Crippen molar-refractivity contribution in [2.75, 3.05) is 32.9 Å². The summed E-state index contributed by atoms with van der Waals surface area (Å²) in [6.07, 6.45) is 5.15. The molecule has 1 atom stereocenters. The number of ether oxygens (including phenoxy) is 2. The third-order valence-corrected chi connectivity index (χ3v) is 3.86. The third kappa shape index (κ3) is 4.74. The quantitative estimate of drug-likeness (QED) is 0.804. The van der Waals surface area contributed by atoms with E-state index < -0.39 is 0 Å². The first kappa shape index (κ1) is 15.8. The Morgan fingerprint density at radius 2 is 2.19 bits per heavy atom. The first-order valence-electron chi connectivity index (χ1n) is 7.68. The van der Waals surface area contributed by atoms with Crippen LogP contribution in [-0.2, 0) is 14.3 Å². The molecule has 0 saturated carbocycles. The molecule has 2 aliphatic rings. The number of nitrogens with one attached hydrogen (secondary N) is 1. The monoisotopic (exact) mass is 296 g/mol. The average molecular weight is 296 g/mol. The van der Waals surface area contributed by atoms with Crippen LogP contribution in [0.15, 0.2) is 11.8 Å². The average Bonchev–Trinajstić information content (AvgIpc) is 2.54. The van der Waals surface area contributed by atoms with Crippen LogP contribution in [-0.4, -0.2) is 49.8 Å². The van der Waals surface area contributed by atoms with Gasteiger partial charge in [0.25, 0.3) is 0 Å². The lowest BCUT2D eigenvalue weighted by Gasteiger charge is -2.31. The Balaban J connectivity index is 1.82. The van der Waals surface area contributed by atoms with Gasteiger partial charge in [-0.15, -0.1) is 0 Å². The Bertz CT molecular complexity index is 400. The van der Waals surface area contributed by atoms with Gasteiger partial charge >= 0.3 is 12.0 Å². The van der Waals surface area contributed by atoms with Crippen LogP contribution in [0, 0.1) is 5.92 Å². The van der Waals surface area contributed by atoms with Gasteiger partial charge in [0.05, 0.1) is 25.7 Å². The highest BCUT2D eigenvalue weighted by atomic mass is 16.5. The lowest BCUT2D eigenvalue weighted by molar-refractivity contribution is -0.149. The molecule has 6 heteroatoms. The molecule has 2 heterocycles. The largest absolute Gasteiger partial charge is 0.466 e. The van der Waals surface area contributed by atoms with Crippen LogP contribution >= 0.6 is 0 Å². The molecule has 0 spiro atoms. The summed E-state index contributed by atoms with van der Waals surface area (Å²) in [5.41, 5.74) is 1.20. The van der Waals surface area contributed by atoms with E-state index in [0.29, 0.717) is 19.7 Å². The minimum absolute atomic E-state index is 0.136. The molecule has 2 rings (SSSR count). The standard InChI is InChI=1S/C15H24N2O4/c1-2-21-14(18)13-4-3-7-17(11-13)15(19)16-10-12-5-8-20-9-6-12/h10,13H,2-9,11H2,1H3,(H,16,19). The molecule has 1 N–H and O–H groups in total. The molecule has 0 aliphatic carbocycles. The zero-order valence-corrected chi connectivity index (χ0v) is 12.6. The van der Waals surface area contributed by atoms with E-state index >= 15 is 0 Å². The number of rotatable bonds is 3. The summed E-state index contributed by atoms with van der Waals surface area (Å²) >= 11 is 0. The smallest absolute Gasteiger partial charge is 0.321 e. The van der Waals surface area contributed by atoms with Crippen molar-refractivity contribution in [3.8, 4) is 0 Å². The predicted octanol–water partition coefficient (Wildman–Crippen LogP) is 1.67. The molecule has 21 heavy (non-hydrogen) atoms. The second-order valence-electron chi connectivity index (χ2n) is 5.40. The van der Waals surface area contributed by atoms with Gasteiger partial charge in [0.15, 0.2) is 0 Å². The highest BCUT2D eigenvalue weighted by molar-refractivity contribution is 5.78. The molecule has 6 nitrogen and oxygen atoms in total. The summed E-state index contributed by atoms with van der Waals surface area (Å²) in [6.45, 7) is 4.75. The van der Waals surface area contributed by atoms with Crippen molar-refractivity contribution in [3.63, 3.8) is 0 Å². The molecule has 0 aromatic carbocycles. The summed E-state index contributed by atoms with van der Waals surface area (Å²) < 4.78 is 10.3. The number of urea groups is 1. The normalized spacial score (nSPS) is 22.6. The molecule has 0 bridgehead atoms. The van der Waals surface area contributed by atoms with E-state index in [1.54, 1.807) is 18.0 Å². The lowest BCUT2D eigenvalue weighted by atomic mass is 9.98. The van der Waals surface area contributed by atoms with Crippen LogP contribution in [0.2, 0.25) is 0 Å². The Kier molecular flexibility index (Phi) is 6.04. The highest BCUT2D eigenvalue weighted by Crippen LogP contribution is 2.18. The second kappa shape index (κ2) is 8.02. The minimum atomic E-state index is -0.196. The molecular weight excluding hydrogens is 272 g/mol. The summed E-state index contributed by atoms with van der Waals surface area (Å²) in [5.74, 6) is -0.391.